The average molecular weight is 529 g/mol. The first kappa shape index (κ1) is 25.4. The summed E-state index contributed by atoms with van der Waals surface area (Å²) in [6.07, 6.45) is 3.17. The van der Waals surface area contributed by atoms with E-state index in [1.807, 2.05) is 67.8 Å². The largest absolute Gasteiger partial charge is 0.359 e. The fraction of sp³-hybridized carbons (Fsp3) is 0.207. The number of sulfone groups is 1. The summed E-state index contributed by atoms with van der Waals surface area (Å²) in [6, 6.07) is 22.3. The van der Waals surface area contributed by atoms with Crippen molar-refractivity contribution in [3.05, 3.63) is 90.4 Å². The zero-order valence-electron chi connectivity index (χ0n) is 21.6. The number of amides is 1. The molecule has 1 N–H and O–H groups in total. The number of nitrogens with one attached hydrogen (secondary N) is 1. The molecule has 9 heteroatoms. The Hall–Kier alpha value is -4.24. The Kier molecular flexibility index (Phi) is 6.40. The van der Waals surface area contributed by atoms with Gasteiger partial charge in [-0.15, -0.1) is 0 Å². The highest BCUT2D eigenvalue weighted by Crippen LogP contribution is 2.27. The summed E-state index contributed by atoms with van der Waals surface area (Å²) in [4.78, 5) is 17.4. The van der Waals surface area contributed by atoms with Crippen molar-refractivity contribution in [1.29, 1.82) is 0 Å². The maximum atomic E-state index is 12.5. The molecule has 0 spiro atoms. The van der Waals surface area contributed by atoms with Crippen LogP contribution in [0.3, 0.4) is 0 Å². The summed E-state index contributed by atoms with van der Waals surface area (Å²) in [6.45, 7) is 6.05. The number of hydrogen-bond donors (Lipinski definition) is 1. The third-order valence-corrected chi connectivity index (χ3v) is 7.39. The van der Waals surface area contributed by atoms with Crippen LogP contribution in [0.25, 0.3) is 27.8 Å². The van der Waals surface area contributed by atoms with Crippen LogP contribution in [-0.4, -0.2) is 35.3 Å². The minimum Gasteiger partial charge on any atom is -0.359 e. The first-order valence-electron chi connectivity index (χ1n) is 12.1. The van der Waals surface area contributed by atoms with E-state index in [1.165, 1.54) is 6.26 Å². The fourth-order valence-corrected chi connectivity index (χ4v) is 4.76. The molecule has 5 aromatic rings. The van der Waals surface area contributed by atoms with Gasteiger partial charge >= 0.3 is 0 Å². The van der Waals surface area contributed by atoms with Gasteiger partial charge in [0, 0.05) is 23.4 Å². The smallest absolute Gasteiger partial charge is 0.230 e. The Morgan fingerprint density at radius 1 is 0.947 bits per heavy atom. The molecule has 0 saturated heterocycles. The fourth-order valence-electron chi connectivity index (χ4n) is 4.13. The van der Waals surface area contributed by atoms with Gasteiger partial charge in [0.15, 0.2) is 15.7 Å². The predicted octanol–water partition coefficient (Wildman–Crippen LogP) is 5.56. The van der Waals surface area contributed by atoms with Gasteiger partial charge in [-0.25, -0.2) is 13.4 Å². The third-order valence-electron chi connectivity index (χ3n) is 6.26. The van der Waals surface area contributed by atoms with Gasteiger partial charge in [-0.3, -0.25) is 9.36 Å². The summed E-state index contributed by atoms with van der Waals surface area (Å²) in [5, 5.41) is 6.73. The van der Waals surface area contributed by atoms with Crippen LogP contribution in [0.15, 0.2) is 88.5 Å². The quantitative estimate of drug-likeness (QED) is 0.309. The van der Waals surface area contributed by atoms with Crippen molar-refractivity contribution in [2.24, 2.45) is 0 Å². The molecule has 0 aliphatic heterocycles. The first-order chi connectivity index (χ1) is 18.0. The molecule has 0 radical (unpaired) electrons. The highest BCUT2D eigenvalue weighted by Gasteiger charge is 2.20. The lowest BCUT2D eigenvalue weighted by molar-refractivity contribution is -0.115. The van der Waals surface area contributed by atoms with Crippen LogP contribution < -0.4 is 5.32 Å². The molecule has 1 amide bonds. The molecule has 5 rings (SSSR count). The Morgan fingerprint density at radius 2 is 1.63 bits per heavy atom. The molecule has 38 heavy (non-hydrogen) atoms. The topological polar surface area (TPSA) is 107 Å². The van der Waals surface area contributed by atoms with Crippen LogP contribution in [0.5, 0.6) is 0 Å². The zero-order chi connectivity index (χ0) is 27.1. The van der Waals surface area contributed by atoms with Crippen molar-refractivity contribution in [2.75, 3.05) is 11.6 Å². The van der Waals surface area contributed by atoms with Gasteiger partial charge in [0.25, 0.3) is 0 Å². The highest BCUT2D eigenvalue weighted by molar-refractivity contribution is 7.90. The zero-order valence-corrected chi connectivity index (χ0v) is 22.4. The average Bonchev–Trinajstić information content (AvgIpc) is 3.51. The Bertz CT molecular complexity index is 1730. The highest BCUT2D eigenvalue weighted by atomic mass is 32.2. The number of anilines is 1. The maximum absolute atomic E-state index is 12.5. The monoisotopic (exact) mass is 528 g/mol. The molecule has 8 nitrogen and oxygen atoms in total. The second-order valence-electron chi connectivity index (χ2n) is 10.3. The summed E-state index contributed by atoms with van der Waals surface area (Å²) >= 11 is 0. The third kappa shape index (κ3) is 5.38. The molecule has 0 bridgehead atoms. The molecule has 2 heterocycles. The van der Waals surface area contributed by atoms with E-state index in [0.29, 0.717) is 16.5 Å². The number of imidazole rings is 1. The van der Waals surface area contributed by atoms with Gasteiger partial charge in [-0.05, 0) is 53.1 Å². The van der Waals surface area contributed by atoms with Crippen LogP contribution in [0.1, 0.15) is 32.1 Å². The molecule has 0 aliphatic rings. The Labute approximate surface area is 221 Å². The van der Waals surface area contributed by atoms with Crippen molar-refractivity contribution in [1.82, 2.24) is 14.7 Å². The van der Waals surface area contributed by atoms with Crippen molar-refractivity contribution < 1.29 is 17.7 Å². The molecule has 3 aromatic carbocycles. The van der Waals surface area contributed by atoms with Crippen LogP contribution in [0, 0.1) is 0 Å². The molecule has 194 valence electrons. The number of benzene rings is 3. The lowest BCUT2D eigenvalue weighted by atomic mass is 9.93. The van der Waals surface area contributed by atoms with Crippen LogP contribution >= 0.6 is 0 Å². The van der Waals surface area contributed by atoms with Crippen molar-refractivity contribution >= 4 is 32.6 Å². The summed E-state index contributed by atoms with van der Waals surface area (Å²) < 4.78 is 30.8. The van der Waals surface area contributed by atoms with Crippen LogP contribution in [-0.2, 0) is 26.5 Å². The van der Waals surface area contributed by atoms with E-state index in [4.69, 9.17) is 4.52 Å². The van der Waals surface area contributed by atoms with Crippen LogP contribution in [0.2, 0.25) is 0 Å². The van der Waals surface area contributed by atoms with Crippen LogP contribution in [0.4, 0.5) is 5.82 Å². The maximum Gasteiger partial charge on any atom is 0.230 e. The van der Waals surface area contributed by atoms with Gasteiger partial charge in [-0.2, -0.15) is 0 Å². The second kappa shape index (κ2) is 9.57. The molecule has 0 saturated carbocycles. The van der Waals surface area contributed by atoms with Crippen molar-refractivity contribution in [3.63, 3.8) is 0 Å². The predicted molar refractivity (Wildman–Crippen MR) is 147 cm³/mol. The summed E-state index contributed by atoms with van der Waals surface area (Å²) in [5.74, 6) is 0.950. The summed E-state index contributed by atoms with van der Waals surface area (Å²) in [7, 11) is -3.24. The number of carbonyl (C=O) groups is 1. The number of fused-ring (bicyclic) bond motifs is 1. The number of rotatable bonds is 6. The standard InChI is InChI=1S/C29H28N4O4S/c1-29(2,3)26-17-27(32-37-26)31-28(34)15-19-5-10-22(11-6-19)33-18-30-24-16-21(9-14-25(24)33)20-7-12-23(13-8-20)38(4,35)36/h5-14,16-18H,15H2,1-4H3,(H,31,32,34). The molecular formula is C29H28N4O4S. The minimum atomic E-state index is -3.24. The number of aromatic nitrogens is 3. The number of nitrogens with zero attached hydrogens (tertiary/aromatic N) is 3. The van der Waals surface area contributed by atoms with Gasteiger partial charge in [-0.1, -0.05) is 56.3 Å². The lowest BCUT2D eigenvalue weighted by Crippen LogP contribution is -2.14. The van der Waals surface area contributed by atoms with Gasteiger partial charge in [0.05, 0.1) is 22.3 Å². The van der Waals surface area contributed by atoms with Gasteiger partial charge in [0.2, 0.25) is 5.91 Å². The molecule has 0 aliphatic carbocycles. The lowest BCUT2D eigenvalue weighted by Gasteiger charge is -2.12. The number of carbonyl (C=O) groups excluding carboxylic acids is 1. The Morgan fingerprint density at radius 3 is 2.26 bits per heavy atom. The van der Waals surface area contributed by atoms with Crippen molar-refractivity contribution in [2.45, 2.75) is 37.5 Å². The first-order valence-corrected chi connectivity index (χ1v) is 14.0. The van der Waals surface area contributed by atoms with Crippen molar-refractivity contribution in [3.8, 4) is 16.8 Å². The minimum absolute atomic E-state index is 0.170. The number of hydrogen-bond acceptors (Lipinski definition) is 6. The second-order valence-corrected chi connectivity index (χ2v) is 12.3. The van der Waals surface area contributed by atoms with Gasteiger partial charge < -0.3 is 9.84 Å². The molecule has 0 unspecified atom stereocenters. The normalized spacial score (nSPS) is 12.1. The van der Waals surface area contributed by atoms with E-state index >= 15 is 0 Å². The van der Waals surface area contributed by atoms with E-state index in [1.54, 1.807) is 36.7 Å². The van der Waals surface area contributed by atoms with E-state index in [2.05, 4.69) is 15.5 Å². The SMILES string of the molecule is CC(C)(C)c1cc(NC(=O)Cc2ccc(-n3cnc4cc(-c5ccc(S(C)(=O)=O)cc5)ccc43)cc2)no1. The Balaban J connectivity index is 1.29. The van der Waals surface area contributed by atoms with E-state index < -0.39 is 9.84 Å². The molecule has 0 fully saturated rings. The van der Waals surface area contributed by atoms with Gasteiger partial charge in [0.1, 0.15) is 12.1 Å². The van der Waals surface area contributed by atoms with E-state index in [-0.39, 0.29) is 17.7 Å². The molecule has 0 atom stereocenters. The molecular weight excluding hydrogens is 500 g/mol. The molecule has 2 aromatic heterocycles. The van der Waals surface area contributed by atoms with E-state index in [0.717, 1.165) is 33.4 Å². The van der Waals surface area contributed by atoms with E-state index in [9.17, 15) is 13.2 Å². The summed E-state index contributed by atoms with van der Waals surface area (Å²) in [5.41, 5.74) is 5.23.